The number of benzene rings is 2. The highest BCUT2D eigenvalue weighted by Crippen LogP contribution is 2.36. The molecule has 0 amide bonds. The standard InChI is InChI=1S/C16H15F2NO3S/c17-12-5-6-14(18)15(9-12)23(21,22)19-10-16(20)8-7-11-3-1-2-4-13(11)16/h1-6,9,19-20H,7-8,10H2. The molecule has 1 aliphatic carbocycles. The van der Waals surface area contributed by atoms with Gasteiger partial charge in [0.25, 0.3) is 0 Å². The van der Waals surface area contributed by atoms with Crippen molar-refractivity contribution in [2.45, 2.75) is 23.3 Å². The van der Waals surface area contributed by atoms with Gasteiger partial charge in [-0.1, -0.05) is 24.3 Å². The van der Waals surface area contributed by atoms with Gasteiger partial charge in [-0.05, 0) is 42.2 Å². The van der Waals surface area contributed by atoms with Crippen LogP contribution >= 0.6 is 0 Å². The molecule has 23 heavy (non-hydrogen) atoms. The molecule has 1 atom stereocenters. The molecular weight excluding hydrogens is 324 g/mol. The molecule has 4 nitrogen and oxygen atoms in total. The number of fused-ring (bicyclic) bond motifs is 1. The fourth-order valence-electron chi connectivity index (χ4n) is 2.83. The Labute approximate surface area is 132 Å². The van der Waals surface area contributed by atoms with Gasteiger partial charge < -0.3 is 5.11 Å². The lowest BCUT2D eigenvalue weighted by molar-refractivity contribution is 0.0442. The third kappa shape index (κ3) is 2.99. The quantitative estimate of drug-likeness (QED) is 0.896. The van der Waals surface area contributed by atoms with Gasteiger partial charge in [-0.2, -0.15) is 0 Å². The monoisotopic (exact) mass is 339 g/mol. The average Bonchev–Trinajstić information content (AvgIpc) is 2.86. The van der Waals surface area contributed by atoms with Crippen LogP contribution in [0.3, 0.4) is 0 Å². The Morgan fingerprint density at radius 1 is 1.17 bits per heavy atom. The predicted octanol–water partition coefficient (Wildman–Crippen LogP) is 2.08. The lowest BCUT2D eigenvalue weighted by atomic mass is 9.96. The van der Waals surface area contributed by atoms with Crippen molar-refractivity contribution in [3.05, 3.63) is 65.2 Å². The number of aryl methyl sites for hydroxylation is 1. The highest BCUT2D eigenvalue weighted by Gasteiger charge is 2.37. The molecular formula is C16H15F2NO3S. The molecule has 0 bridgehead atoms. The molecule has 1 aliphatic rings. The van der Waals surface area contributed by atoms with Crippen LogP contribution in [-0.2, 0) is 22.0 Å². The minimum atomic E-state index is -4.27. The summed E-state index contributed by atoms with van der Waals surface area (Å²) in [6, 6.07) is 9.42. The van der Waals surface area contributed by atoms with Crippen LogP contribution in [0.4, 0.5) is 8.78 Å². The second-order valence-electron chi connectivity index (χ2n) is 5.59. The van der Waals surface area contributed by atoms with E-state index in [1.165, 1.54) is 0 Å². The maximum absolute atomic E-state index is 13.7. The zero-order valence-electron chi connectivity index (χ0n) is 12.1. The maximum atomic E-state index is 13.7. The summed E-state index contributed by atoms with van der Waals surface area (Å²) < 4.78 is 53.4. The molecule has 3 rings (SSSR count). The summed E-state index contributed by atoms with van der Waals surface area (Å²) in [5, 5.41) is 10.7. The van der Waals surface area contributed by atoms with Crippen molar-refractivity contribution in [2.24, 2.45) is 0 Å². The SMILES string of the molecule is O=S(=O)(NCC1(O)CCc2ccccc21)c1cc(F)ccc1F. The highest BCUT2D eigenvalue weighted by molar-refractivity contribution is 7.89. The number of hydrogen-bond acceptors (Lipinski definition) is 3. The molecule has 0 aromatic heterocycles. The Morgan fingerprint density at radius 2 is 1.91 bits per heavy atom. The van der Waals surface area contributed by atoms with E-state index in [0.29, 0.717) is 24.5 Å². The topological polar surface area (TPSA) is 66.4 Å². The molecule has 0 saturated heterocycles. The van der Waals surface area contributed by atoms with Gasteiger partial charge in [0.15, 0.2) is 0 Å². The van der Waals surface area contributed by atoms with E-state index >= 15 is 0 Å². The first-order valence-corrected chi connectivity index (χ1v) is 8.56. The van der Waals surface area contributed by atoms with Gasteiger partial charge in [0.1, 0.15) is 22.1 Å². The summed E-state index contributed by atoms with van der Waals surface area (Å²) in [5.41, 5.74) is 0.251. The van der Waals surface area contributed by atoms with Crippen LogP contribution in [0.15, 0.2) is 47.4 Å². The van der Waals surface area contributed by atoms with Gasteiger partial charge in [0.05, 0.1) is 0 Å². The van der Waals surface area contributed by atoms with Crippen molar-refractivity contribution in [1.29, 1.82) is 0 Å². The highest BCUT2D eigenvalue weighted by atomic mass is 32.2. The normalized spacial score (nSPS) is 20.5. The number of halogens is 2. The van der Waals surface area contributed by atoms with Gasteiger partial charge >= 0.3 is 0 Å². The third-order valence-corrected chi connectivity index (χ3v) is 5.48. The minimum Gasteiger partial charge on any atom is -0.384 e. The van der Waals surface area contributed by atoms with E-state index in [1.54, 1.807) is 12.1 Å². The maximum Gasteiger partial charge on any atom is 0.243 e. The minimum absolute atomic E-state index is 0.303. The van der Waals surface area contributed by atoms with Crippen LogP contribution in [-0.4, -0.2) is 20.1 Å². The van der Waals surface area contributed by atoms with Crippen molar-refractivity contribution in [3.63, 3.8) is 0 Å². The summed E-state index contributed by atoms with van der Waals surface area (Å²) in [7, 11) is -4.27. The molecule has 122 valence electrons. The Hall–Kier alpha value is -1.83. The van der Waals surface area contributed by atoms with Crippen molar-refractivity contribution >= 4 is 10.0 Å². The van der Waals surface area contributed by atoms with Crippen molar-refractivity contribution < 1.29 is 22.3 Å². The number of nitrogens with one attached hydrogen (secondary N) is 1. The number of sulfonamides is 1. The van der Waals surface area contributed by atoms with E-state index in [1.807, 2.05) is 12.1 Å². The van der Waals surface area contributed by atoms with Gasteiger partial charge in [0.2, 0.25) is 10.0 Å². The van der Waals surface area contributed by atoms with Crippen molar-refractivity contribution in [1.82, 2.24) is 4.72 Å². The van der Waals surface area contributed by atoms with E-state index in [9.17, 15) is 22.3 Å². The molecule has 2 aromatic carbocycles. The van der Waals surface area contributed by atoms with E-state index in [-0.39, 0.29) is 6.54 Å². The summed E-state index contributed by atoms with van der Waals surface area (Å²) in [6.07, 6.45) is 0.989. The van der Waals surface area contributed by atoms with E-state index < -0.39 is 32.2 Å². The van der Waals surface area contributed by atoms with Gasteiger partial charge in [-0.25, -0.2) is 21.9 Å². The molecule has 0 aliphatic heterocycles. The molecule has 0 radical (unpaired) electrons. The Morgan fingerprint density at radius 3 is 2.70 bits per heavy atom. The van der Waals surface area contributed by atoms with Crippen LogP contribution in [0.1, 0.15) is 17.5 Å². The molecule has 0 spiro atoms. The van der Waals surface area contributed by atoms with Crippen molar-refractivity contribution in [2.75, 3.05) is 6.54 Å². The number of aliphatic hydroxyl groups is 1. The van der Waals surface area contributed by atoms with Crippen LogP contribution in [0.25, 0.3) is 0 Å². The molecule has 2 aromatic rings. The molecule has 0 fully saturated rings. The number of rotatable bonds is 4. The first-order valence-electron chi connectivity index (χ1n) is 7.07. The lowest BCUT2D eigenvalue weighted by Gasteiger charge is -2.24. The fraction of sp³-hybridized carbons (Fsp3) is 0.250. The van der Waals surface area contributed by atoms with Crippen LogP contribution in [0.5, 0.6) is 0 Å². The van der Waals surface area contributed by atoms with Gasteiger partial charge in [-0.3, -0.25) is 0 Å². The molecule has 0 saturated carbocycles. The largest absolute Gasteiger partial charge is 0.384 e. The molecule has 0 heterocycles. The van der Waals surface area contributed by atoms with Crippen LogP contribution < -0.4 is 4.72 Å². The zero-order chi connectivity index (χ0) is 16.7. The second-order valence-corrected chi connectivity index (χ2v) is 7.32. The van der Waals surface area contributed by atoms with Crippen molar-refractivity contribution in [3.8, 4) is 0 Å². The molecule has 2 N–H and O–H groups in total. The van der Waals surface area contributed by atoms with Gasteiger partial charge in [-0.15, -0.1) is 0 Å². The first-order chi connectivity index (χ1) is 10.8. The molecule has 1 unspecified atom stereocenters. The van der Waals surface area contributed by atoms with Crippen LogP contribution in [0.2, 0.25) is 0 Å². The Bertz CT molecular complexity index is 854. The Balaban J connectivity index is 1.84. The van der Waals surface area contributed by atoms with E-state index in [4.69, 9.17) is 0 Å². The smallest absolute Gasteiger partial charge is 0.243 e. The summed E-state index contributed by atoms with van der Waals surface area (Å²) >= 11 is 0. The Kier molecular flexibility index (Phi) is 3.95. The number of hydrogen-bond donors (Lipinski definition) is 2. The van der Waals surface area contributed by atoms with E-state index in [2.05, 4.69) is 4.72 Å². The lowest BCUT2D eigenvalue weighted by Crippen LogP contribution is -2.39. The second kappa shape index (κ2) is 5.67. The zero-order valence-corrected chi connectivity index (χ0v) is 12.9. The summed E-state index contributed by atoms with van der Waals surface area (Å²) in [6.45, 7) is -0.303. The first kappa shape index (κ1) is 16.0. The summed E-state index contributed by atoms with van der Waals surface area (Å²) in [5.74, 6) is -1.89. The summed E-state index contributed by atoms with van der Waals surface area (Å²) in [4.78, 5) is -0.771. The third-order valence-electron chi connectivity index (χ3n) is 4.06. The molecule has 7 heteroatoms. The van der Waals surface area contributed by atoms with Crippen LogP contribution in [0, 0.1) is 11.6 Å². The van der Waals surface area contributed by atoms with Gasteiger partial charge in [0, 0.05) is 6.54 Å². The fourth-order valence-corrected chi connectivity index (χ4v) is 4.00. The predicted molar refractivity (Wildman–Crippen MR) is 80.2 cm³/mol. The average molecular weight is 339 g/mol. The van der Waals surface area contributed by atoms with E-state index in [0.717, 1.165) is 17.7 Å².